The summed E-state index contributed by atoms with van der Waals surface area (Å²) in [6.07, 6.45) is 0. The van der Waals surface area contributed by atoms with Crippen LogP contribution in [0.3, 0.4) is 0 Å². The zero-order chi connectivity index (χ0) is 20.3. The Bertz CT molecular complexity index is 1100. The van der Waals surface area contributed by atoms with Crippen molar-refractivity contribution in [3.05, 3.63) is 95.1 Å². The molecule has 0 saturated heterocycles. The monoisotopic (exact) mass is 436 g/mol. The van der Waals surface area contributed by atoms with Gasteiger partial charge in [-0.05, 0) is 70.8 Å². The Kier molecular flexibility index (Phi) is 7.25. The third-order valence-electron chi connectivity index (χ3n) is 4.63. The van der Waals surface area contributed by atoms with Gasteiger partial charge in [-0.15, -0.1) is 0 Å². The van der Waals surface area contributed by atoms with Gasteiger partial charge in [0.25, 0.3) is 0 Å². The first-order valence-corrected chi connectivity index (χ1v) is 8.82. The number of hydrogen-bond acceptors (Lipinski definition) is 2. The molecular formula is C24H20O4Zn. The largest absolute Gasteiger partial charge is 0.478 e. The van der Waals surface area contributed by atoms with E-state index >= 15 is 0 Å². The van der Waals surface area contributed by atoms with Crippen molar-refractivity contribution in [1.82, 2.24) is 0 Å². The molecule has 0 bridgehead atoms. The Morgan fingerprint density at radius 3 is 1.31 bits per heavy atom. The predicted octanol–water partition coefficient (Wildman–Crippen LogP) is 5.69. The van der Waals surface area contributed by atoms with Crippen LogP contribution >= 0.6 is 0 Å². The van der Waals surface area contributed by atoms with Crippen molar-refractivity contribution in [3.8, 4) is 0 Å². The fraction of sp³-hybridized carbons (Fsp3) is 0.0833. The first-order chi connectivity index (χ1) is 13.4. The molecule has 4 nitrogen and oxygen atoms in total. The van der Waals surface area contributed by atoms with E-state index in [0.29, 0.717) is 11.1 Å². The first-order valence-electron chi connectivity index (χ1n) is 8.82. The molecule has 0 unspecified atom stereocenters. The molecule has 0 aliphatic heterocycles. The minimum absolute atomic E-state index is 0. The molecule has 0 aromatic heterocycles. The van der Waals surface area contributed by atoms with Crippen molar-refractivity contribution in [2.45, 2.75) is 13.8 Å². The van der Waals surface area contributed by atoms with Crippen molar-refractivity contribution in [3.63, 3.8) is 0 Å². The average molecular weight is 438 g/mol. The van der Waals surface area contributed by atoms with E-state index < -0.39 is 11.9 Å². The van der Waals surface area contributed by atoms with Gasteiger partial charge in [-0.3, -0.25) is 0 Å². The van der Waals surface area contributed by atoms with Gasteiger partial charge in [-0.1, -0.05) is 48.5 Å². The molecule has 0 amide bonds. The molecular weight excluding hydrogens is 418 g/mol. The van der Waals surface area contributed by atoms with Crippen LogP contribution in [0.5, 0.6) is 0 Å². The summed E-state index contributed by atoms with van der Waals surface area (Å²) >= 11 is 0. The molecule has 29 heavy (non-hydrogen) atoms. The third-order valence-corrected chi connectivity index (χ3v) is 4.63. The Labute approximate surface area is 181 Å². The second-order valence-electron chi connectivity index (χ2n) is 6.64. The fourth-order valence-electron chi connectivity index (χ4n) is 3.25. The van der Waals surface area contributed by atoms with Crippen LogP contribution in [-0.4, -0.2) is 22.2 Å². The molecule has 5 heteroatoms. The van der Waals surface area contributed by atoms with Gasteiger partial charge in [0.2, 0.25) is 0 Å². The van der Waals surface area contributed by atoms with Crippen molar-refractivity contribution >= 4 is 33.5 Å². The molecule has 0 fully saturated rings. The number of hydrogen-bond donors (Lipinski definition) is 2. The van der Waals surface area contributed by atoms with Crippen LogP contribution in [-0.2, 0) is 19.5 Å². The molecule has 0 saturated carbocycles. The van der Waals surface area contributed by atoms with E-state index in [0.717, 1.165) is 32.7 Å². The normalized spacial score (nSPS) is 10.0. The number of carboxylic acids is 2. The molecule has 0 aliphatic rings. The molecule has 0 atom stereocenters. The zero-order valence-electron chi connectivity index (χ0n) is 16.3. The maximum atomic E-state index is 10.8. The summed E-state index contributed by atoms with van der Waals surface area (Å²) in [6.45, 7) is 3.85. The van der Waals surface area contributed by atoms with Gasteiger partial charge >= 0.3 is 11.9 Å². The second kappa shape index (κ2) is 9.44. The Morgan fingerprint density at radius 1 is 0.621 bits per heavy atom. The summed E-state index contributed by atoms with van der Waals surface area (Å²) in [5, 5.41) is 21.9. The summed E-state index contributed by atoms with van der Waals surface area (Å²) < 4.78 is 0. The van der Waals surface area contributed by atoms with E-state index in [-0.39, 0.29) is 19.5 Å². The fourth-order valence-corrected chi connectivity index (χ4v) is 3.25. The van der Waals surface area contributed by atoms with E-state index in [9.17, 15) is 9.59 Å². The van der Waals surface area contributed by atoms with Gasteiger partial charge in [0.1, 0.15) is 0 Å². The number of aromatic carboxylic acids is 2. The van der Waals surface area contributed by atoms with Crippen LogP contribution in [0.25, 0.3) is 21.5 Å². The number of rotatable bonds is 2. The third kappa shape index (κ3) is 5.07. The molecule has 142 valence electrons. The topological polar surface area (TPSA) is 74.6 Å². The smallest absolute Gasteiger partial charge is 0.335 e. The number of aryl methyl sites for hydroxylation is 2. The molecule has 0 radical (unpaired) electrons. The van der Waals surface area contributed by atoms with Crippen LogP contribution in [0.1, 0.15) is 31.8 Å². The maximum Gasteiger partial charge on any atom is 0.335 e. The van der Waals surface area contributed by atoms with Gasteiger partial charge in [0.15, 0.2) is 0 Å². The van der Waals surface area contributed by atoms with E-state index in [4.69, 9.17) is 10.2 Å². The minimum Gasteiger partial charge on any atom is -0.478 e. The molecule has 2 N–H and O–H groups in total. The van der Waals surface area contributed by atoms with Gasteiger partial charge in [0, 0.05) is 19.5 Å². The van der Waals surface area contributed by atoms with Crippen molar-refractivity contribution in [2.24, 2.45) is 0 Å². The summed E-state index contributed by atoms with van der Waals surface area (Å²) in [6, 6.07) is 22.4. The average Bonchev–Trinajstić information content (AvgIpc) is 2.68. The van der Waals surface area contributed by atoms with E-state index in [1.54, 1.807) is 24.3 Å². The molecule has 0 spiro atoms. The first kappa shape index (κ1) is 22.3. The molecule has 4 aromatic carbocycles. The second-order valence-corrected chi connectivity index (χ2v) is 6.64. The van der Waals surface area contributed by atoms with Crippen LogP contribution in [0.2, 0.25) is 0 Å². The molecule has 4 aromatic rings. The molecule has 0 aliphatic carbocycles. The number of fused-ring (bicyclic) bond motifs is 2. The SMILES string of the molecule is Cc1cc(C(=O)O)cc2ccccc12.Cc1cc(C(=O)O)cc2ccccc12.[Zn]. The van der Waals surface area contributed by atoms with Gasteiger partial charge in [0.05, 0.1) is 11.1 Å². The Balaban J connectivity index is 0.000000200. The molecule has 0 heterocycles. The van der Waals surface area contributed by atoms with Crippen LogP contribution in [0, 0.1) is 13.8 Å². The standard InChI is InChI=1S/2C12H10O2.Zn/c2*1-8-6-10(12(13)14)7-9-4-2-3-5-11(8)9;/h2*2-7H,1H3,(H,13,14);. The summed E-state index contributed by atoms with van der Waals surface area (Å²) in [4.78, 5) is 21.6. The van der Waals surface area contributed by atoms with Gasteiger partial charge in [-0.25, -0.2) is 9.59 Å². The van der Waals surface area contributed by atoms with Crippen molar-refractivity contribution in [1.29, 1.82) is 0 Å². The van der Waals surface area contributed by atoms with E-state index in [1.165, 1.54) is 0 Å². The van der Waals surface area contributed by atoms with Gasteiger partial charge < -0.3 is 10.2 Å². The predicted molar refractivity (Wildman–Crippen MR) is 111 cm³/mol. The summed E-state index contributed by atoms with van der Waals surface area (Å²) in [5.74, 6) is -1.75. The van der Waals surface area contributed by atoms with Crippen LogP contribution < -0.4 is 0 Å². The Hall–Kier alpha value is -3.04. The Morgan fingerprint density at radius 2 is 0.966 bits per heavy atom. The zero-order valence-corrected chi connectivity index (χ0v) is 19.3. The van der Waals surface area contributed by atoms with E-state index in [1.807, 2.05) is 62.4 Å². The summed E-state index contributed by atoms with van der Waals surface area (Å²) in [5.41, 5.74) is 2.70. The number of carbonyl (C=O) groups is 2. The quantitative estimate of drug-likeness (QED) is 0.395. The van der Waals surface area contributed by atoms with Gasteiger partial charge in [-0.2, -0.15) is 0 Å². The summed E-state index contributed by atoms with van der Waals surface area (Å²) in [7, 11) is 0. The number of benzene rings is 4. The van der Waals surface area contributed by atoms with Crippen LogP contribution in [0.15, 0.2) is 72.8 Å². The van der Waals surface area contributed by atoms with Crippen molar-refractivity contribution < 1.29 is 39.3 Å². The number of carboxylic acid groups (broad SMARTS) is 2. The van der Waals surface area contributed by atoms with Crippen LogP contribution in [0.4, 0.5) is 0 Å². The van der Waals surface area contributed by atoms with E-state index in [2.05, 4.69) is 0 Å². The molecule has 4 rings (SSSR count). The minimum atomic E-state index is -0.876. The maximum absolute atomic E-state index is 10.8. The van der Waals surface area contributed by atoms with Crippen molar-refractivity contribution in [2.75, 3.05) is 0 Å².